The van der Waals surface area contributed by atoms with Crippen molar-refractivity contribution in [1.82, 2.24) is 5.16 Å². The zero-order valence-electron chi connectivity index (χ0n) is 8.84. The van der Waals surface area contributed by atoms with Crippen molar-refractivity contribution in [2.45, 2.75) is 6.92 Å². The molecule has 1 aromatic carbocycles. The van der Waals surface area contributed by atoms with Crippen LogP contribution < -0.4 is 0 Å². The largest absolute Gasteiger partial charge is 0.461 e. The molecule has 2 rings (SSSR count). The maximum absolute atomic E-state index is 11.6. The Morgan fingerprint density at radius 2 is 2.12 bits per heavy atom. The lowest BCUT2D eigenvalue weighted by Crippen LogP contribution is -2.06. The smallest absolute Gasteiger partial charge is 0.361 e. The summed E-state index contributed by atoms with van der Waals surface area (Å²) in [6.07, 6.45) is 1.45. The first-order valence-corrected chi connectivity index (χ1v) is 5.00. The zero-order valence-corrected chi connectivity index (χ0v) is 8.84. The minimum Gasteiger partial charge on any atom is -0.461 e. The zero-order chi connectivity index (χ0) is 11.4. The molecule has 0 saturated carbocycles. The van der Waals surface area contributed by atoms with Crippen LogP contribution in [-0.4, -0.2) is 17.7 Å². The van der Waals surface area contributed by atoms with E-state index in [1.54, 1.807) is 6.92 Å². The number of rotatable bonds is 3. The van der Waals surface area contributed by atoms with Crippen molar-refractivity contribution in [3.05, 3.63) is 42.3 Å². The molecule has 0 spiro atoms. The van der Waals surface area contributed by atoms with Gasteiger partial charge in [0, 0.05) is 0 Å². The summed E-state index contributed by atoms with van der Waals surface area (Å²) in [6.45, 7) is 2.07. The van der Waals surface area contributed by atoms with E-state index in [1.165, 1.54) is 6.26 Å². The highest BCUT2D eigenvalue weighted by Crippen LogP contribution is 2.23. The molecule has 0 fully saturated rings. The number of carbonyl (C=O) groups is 1. The summed E-state index contributed by atoms with van der Waals surface area (Å²) in [5, 5.41) is 3.66. The van der Waals surface area contributed by atoms with Crippen LogP contribution in [0.4, 0.5) is 0 Å². The van der Waals surface area contributed by atoms with Crippen molar-refractivity contribution in [1.29, 1.82) is 0 Å². The molecule has 0 bridgehead atoms. The number of aromatic nitrogens is 1. The quantitative estimate of drug-likeness (QED) is 0.741. The Kier molecular flexibility index (Phi) is 3.00. The Morgan fingerprint density at radius 1 is 1.38 bits per heavy atom. The van der Waals surface area contributed by atoms with E-state index in [2.05, 4.69) is 5.16 Å². The molecule has 0 aliphatic rings. The number of nitrogens with zero attached hydrogens (tertiary/aromatic N) is 1. The molecule has 0 aliphatic heterocycles. The third-order valence-electron chi connectivity index (χ3n) is 2.12. The summed E-state index contributed by atoms with van der Waals surface area (Å²) in [6, 6.07) is 9.44. The van der Waals surface area contributed by atoms with Crippen LogP contribution in [0.1, 0.15) is 17.4 Å². The van der Waals surface area contributed by atoms with E-state index in [0.29, 0.717) is 12.2 Å². The van der Waals surface area contributed by atoms with Gasteiger partial charge in [-0.3, -0.25) is 0 Å². The van der Waals surface area contributed by atoms with Crippen LogP contribution in [0.25, 0.3) is 11.1 Å². The molecule has 82 valence electrons. The Labute approximate surface area is 92.8 Å². The van der Waals surface area contributed by atoms with E-state index >= 15 is 0 Å². The van der Waals surface area contributed by atoms with Crippen LogP contribution in [0.3, 0.4) is 0 Å². The minimum atomic E-state index is -0.463. The molecule has 4 heteroatoms. The first-order chi connectivity index (χ1) is 7.83. The van der Waals surface area contributed by atoms with Crippen LogP contribution in [0.5, 0.6) is 0 Å². The summed E-state index contributed by atoms with van der Waals surface area (Å²) in [5.41, 5.74) is 1.75. The van der Waals surface area contributed by atoms with Crippen LogP contribution in [-0.2, 0) is 4.74 Å². The van der Waals surface area contributed by atoms with Gasteiger partial charge in [-0.05, 0) is 12.5 Å². The predicted molar refractivity (Wildman–Crippen MR) is 57.9 cm³/mol. The van der Waals surface area contributed by atoms with Gasteiger partial charge in [-0.15, -0.1) is 0 Å². The second kappa shape index (κ2) is 4.61. The molecule has 0 radical (unpaired) electrons. The number of esters is 1. The number of hydrogen-bond acceptors (Lipinski definition) is 4. The molecule has 0 unspecified atom stereocenters. The van der Waals surface area contributed by atoms with Gasteiger partial charge in [0.25, 0.3) is 0 Å². The Hall–Kier alpha value is -2.10. The van der Waals surface area contributed by atoms with Gasteiger partial charge in [-0.1, -0.05) is 35.5 Å². The second-order valence-corrected chi connectivity index (χ2v) is 3.16. The molecule has 16 heavy (non-hydrogen) atoms. The fourth-order valence-corrected chi connectivity index (χ4v) is 1.41. The van der Waals surface area contributed by atoms with Gasteiger partial charge in [0.15, 0.2) is 5.69 Å². The van der Waals surface area contributed by atoms with Gasteiger partial charge in [0.05, 0.1) is 12.2 Å². The summed E-state index contributed by atoms with van der Waals surface area (Å²) < 4.78 is 9.70. The van der Waals surface area contributed by atoms with Crippen molar-refractivity contribution in [3.63, 3.8) is 0 Å². The number of ether oxygens (including phenoxy) is 1. The van der Waals surface area contributed by atoms with Crippen molar-refractivity contribution in [3.8, 4) is 11.1 Å². The lowest BCUT2D eigenvalue weighted by atomic mass is 10.1. The Bertz CT molecular complexity index is 476. The fraction of sp³-hybridized carbons (Fsp3) is 0.167. The predicted octanol–water partition coefficient (Wildman–Crippen LogP) is 2.52. The van der Waals surface area contributed by atoms with E-state index in [-0.39, 0.29) is 5.69 Å². The monoisotopic (exact) mass is 217 g/mol. The molecular weight excluding hydrogens is 206 g/mol. The summed E-state index contributed by atoms with van der Waals surface area (Å²) in [5.74, 6) is -0.463. The van der Waals surface area contributed by atoms with Gasteiger partial charge in [0.1, 0.15) is 6.26 Å². The van der Waals surface area contributed by atoms with Gasteiger partial charge < -0.3 is 9.26 Å². The fourth-order valence-electron chi connectivity index (χ4n) is 1.41. The summed E-state index contributed by atoms with van der Waals surface area (Å²) >= 11 is 0. The SMILES string of the molecule is CCOC(=O)c1nocc1-c1ccccc1. The number of carbonyl (C=O) groups excluding carboxylic acids is 1. The molecule has 0 amide bonds. The van der Waals surface area contributed by atoms with Crippen LogP contribution in [0.15, 0.2) is 41.1 Å². The van der Waals surface area contributed by atoms with Crippen molar-refractivity contribution in [2.75, 3.05) is 6.61 Å². The van der Waals surface area contributed by atoms with E-state index < -0.39 is 5.97 Å². The molecule has 0 aliphatic carbocycles. The van der Waals surface area contributed by atoms with Gasteiger partial charge in [-0.2, -0.15) is 0 Å². The van der Waals surface area contributed by atoms with E-state index in [9.17, 15) is 4.79 Å². The molecule has 4 nitrogen and oxygen atoms in total. The van der Waals surface area contributed by atoms with Crippen LogP contribution >= 0.6 is 0 Å². The molecule has 1 aromatic heterocycles. The topological polar surface area (TPSA) is 52.3 Å². The standard InChI is InChI=1S/C12H11NO3/c1-2-15-12(14)11-10(8-16-13-11)9-6-4-3-5-7-9/h3-8H,2H2,1H3. The lowest BCUT2D eigenvalue weighted by molar-refractivity contribution is 0.0515. The molecule has 1 heterocycles. The van der Waals surface area contributed by atoms with Crippen molar-refractivity contribution < 1.29 is 14.1 Å². The van der Waals surface area contributed by atoms with E-state index in [0.717, 1.165) is 5.56 Å². The summed E-state index contributed by atoms with van der Waals surface area (Å²) in [4.78, 5) is 11.6. The van der Waals surface area contributed by atoms with Gasteiger partial charge in [-0.25, -0.2) is 4.79 Å². The van der Waals surface area contributed by atoms with Crippen LogP contribution in [0, 0.1) is 0 Å². The molecule has 0 N–H and O–H groups in total. The maximum Gasteiger partial charge on any atom is 0.361 e. The van der Waals surface area contributed by atoms with Crippen molar-refractivity contribution >= 4 is 5.97 Å². The first kappa shape index (κ1) is 10.4. The van der Waals surface area contributed by atoms with Crippen molar-refractivity contribution in [2.24, 2.45) is 0 Å². The van der Waals surface area contributed by atoms with E-state index in [1.807, 2.05) is 30.3 Å². The lowest BCUT2D eigenvalue weighted by Gasteiger charge is -2.00. The molecule has 0 saturated heterocycles. The minimum absolute atomic E-state index is 0.216. The number of hydrogen-bond donors (Lipinski definition) is 0. The van der Waals surface area contributed by atoms with Gasteiger partial charge in [0.2, 0.25) is 0 Å². The van der Waals surface area contributed by atoms with E-state index in [4.69, 9.17) is 9.26 Å². The third kappa shape index (κ3) is 1.95. The third-order valence-corrected chi connectivity index (χ3v) is 2.12. The average molecular weight is 217 g/mol. The summed E-state index contributed by atoms with van der Waals surface area (Å²) in [7, 11) is 0. The maximum atomic E-state index is 11.6. The molecule has 2 aromatic rings. The highest BCUT2D eigenvalue weighted by Gasteiger charge is 2.18. The normalized spacial score (nSPS) is 10.1. The molecule has 0 atom stereocenters. The van der Waals surface area contributed by atoms with Crippen LogP contribution in [0.2, 0.25) is 0 Å². The Morgan fingerprint density at radius 3 is 2.81 bits per heavy atom. The van der Waals surface area contributed by atoms with Gasteiger partial charge >= 0.3 is 5.97 Å². The highest BCUT2D eigenvalue weighted by molar-refractivity contribution is 5.94. The Balaban J connectivity index is 2.37. The number of benzene rings is 1. The highest BCUT2D eigenvalue weighted by atomic mass is 16.5. The first-order valence-electron chi connectivity index (χ1n) is 5.00. The average Bonchev–Trinajstić information content (AvgIpc) is 2.79. The second-order valence-electron chi connectivity index (χ2n) is 3.16. The molecular formula is C12H11NO3.